The summed E-state index contributed by atoms with van der Waals surface area (Å²) in [5.74, 6) is -0.152. The Morgan fingerprint density at radius 2 is 1.96 bits per heavy atom. The van der Waals surface area contributed by atoms with Crippen LogP contribution in [0.5, 0.6) is 0 Å². The molecule has 0 aliphatic heterocycles. The smallest absolute Gasteiger partial charge is 0.271 e. The van der Waals surface area contributed by atoms with E-state index in [-0.39, 0.29) is 11.6 Å². The highest BCUT2D eigenvalue weighted by molar-refractivity contribution is 6.30. The van der Waals surface area contributed by atoms with Crippen LogP contribution in [-0.2, 0) is 4.79 Å². The van der Waals surface area contributed by atoms with E-state index < -0.39 is 11.4 Å². The molecule has 1 fully saturated rings. The summed E-state index contributed by atoms with van der Waals surface area (Å²) >= 11 is 6.13. The zero-order valence-corrected chi connectivity index (χ0v) is 15.9. The Balaban J connectivity index is 2.00. The van der Waals surface area contributed by atoms with Gasteiger partial charge in [-0.1, -0.05) is 23.7 Å². The minimum Gasteiger partial charge on any atom is -0.357 e. The molecule has 1 aromatic heterocycles. The molecule has 1 saturated carbocycles. The predicted molar refractivity (Wildman–Crippen MR) is 102 cm³/mol. The number of hydrogen-bond acceptors (Lipinski definition) is 3. The van der Waals surface area contributed by atoms with Crippen LogP contribution in [0.3, 0.4) is 0 Å². The lowest BCUT2D eigenvalue weighted by Crippen LogP contribution is -2.54. The Hall–Kier alpha value is -2.40. The molecule has 136 valence electrons. The Kier molecular flexibility index (Phi) is 5.01. The van der Waals surface area contributed by atoms with E-state index in [0.717, 1.165) is 29.5 Å². The number of carbonyl (C=O) groups excluding carboxylic acids is 2. The molecular formula is C20H22ClN3O2. The van der Waals surface area contributed by atoms with Crippen LogP contribution in [0.4, 0.5) is 0 Å². The molecule has 0 saturated heterocycles. The second-order valence-electron chi connectivity index (χ2n) is 7.11. The average Bonchev–Trinajstić information content (AvgIpc) is 3.45. The third-order valence-corrected chi connectivity index (χ3v) is 4.76. The fraction of sp³-hybridized carbons (Fsp3) is 0.350. The summed E-state index contributed by atoms with van der Waals surface area (Å²) in [5, 5.41) is 5.92. The van der Waals surface area contributed by atoms with Crippen LogP contribution in [-0.4, -0.2) is 29.4 Å². The number of nitrogens with one attached hydrogen (secondary N) is 2. The van der Waals surface area contributed by atoms with Crippen LogP contribution in [0.1, 0.15) is 48.7 Å². The van der Waals surface area contributed by atoms with E-state index in [1.54, 1.807) is 26.1 Å². The first-order valence-corrected chi connectivity index (χ1v) is 9.00. The SMILES string of the molecule is CNC(=O)C(C)(C)NC(=O)c1ncc(C2CC2)cc1-c1cccc(Cl)c1. The normalized spacial score (nSPS) is 14.0. The number of aromatic nitrogens is 1. The summed E-state index contributed by atoms with van der Waals surface area (Å²) in [7, 11) is 1.54. The molecule has 0 radical (unpaired) electrons. The molecular weight excluding hydrogens is 350 g/mol. The molecule has 26 heavy (non-hydrogen) atoms. The first kappa shape index (κ1) is 18.4. The van der Waals surface area contributed by atoms with Crippen LogP contribution >= 0.6 is 11.6 Å². The molecule has 2 amide bonds. The third kappa shape index (κ3) is 3.88. The summed E-state index contributed by atoms with van der Waals surface area (Å²) in [6, 6.07) is 9.36. The Morgan fingerprint density at radius 3 is 2.58 bits per heavy atom. The molecule has 1 aromatic carbocycles. The lowest BCUT2D eigenvalue weighted by atomic mass is 9.98. The van der Waals surface area contributed by atoms with E-state index in [1.807, 2.05) is 24.3 Å². The van der Waals surface area contributed by atoms with Gasteiger partial charge in [0.15, 0.2) is 0 Å². The van der Waals surface area contributed by atoms with Crippen molar-refractivity contribution >= 4 is 23.4 Å². The van der Waals surface area contributed by atoms with Gasteiger partial charge in [-0.25, -0.2) is 0 Å². The fourth-order valence-electron chi connectivity index (χ4n) is 2.89. The topological polar surface area (TPSA) is 71.1 Å². The van der Waals surface area contributed by atoms with E-state index >= 15 is 0 Å². The maximum atomic E-state index is 12.9. The molecule has 6 heteroatoms. The van der Waals surface area contributed by atoms with Crippen LogP contribution in [0, 0.1) is 0 Å². The number of carbonyl (C=O) groups is 2. The Morgan fingerprint density at radius 1 is 1.23 bits per heavy atom. The van der Waals surface area contributed by atoms with Crippen molar-refractivity contribution in [1.29, 1.82) is 0 Å². The van der Waals surface area contributed by atoms with Crippen LogP contribution in [0.2, 0.25) is 5.02 Å². The lowest BCUT2D eigenvalue weighted by Gasteiger charge is -2.24. The minimum atomic E-state index is -1.05. The van der Waals surface area contributed by atoms with Gasteiger partial charge >= 0.3 is 0 Å². The summed E-state index contributed by atoms with van der Waals surface area (Å²) in [4.78, 5) is 29.3. The van der Waals surface area contributed by atoms with Gasteiger partial charge in [0.05, 0.1) is 0 Å². The van der Waals surface area contributed by atoms with Gasteiger partial charge < -0.3 is 10.6 Å². The molecule has 0 spiro atoms. The monoisotopic (exact) mass is 371 g/mol. The van der Waals surface area contributed by atoms with Gasteiger partial charge in [0.2, 0.25) is 5.91 Å². The first-order chi connectivity index (χ1) is 12.3. The van der Waals surface area contributed by atoms with Gasteiger partial charge in [0, 0.05) is 23.8 Å². The molecule has 1 aliphatic rings. The quantitative estimate of drug-likeness (QED) is 0.844. The van der Waals surface area contributed by atoms with Gasteiger partial charge in [0.25, 0.3) is 5.91 Å². The van der Waals surface area contributed by atoms with Crippen molar-refractivity contribution in [2.75, 3.05) is 7.05 Å². The van der Waals surface area contributed by atoms with Crippen molar-refractivity contribution in [3.05, 3.63) is 52.8 Å². The summed E-state index contributed by atoms with van der Waals surface area (Å²) in [6.45, 7) is 3.31. The highest BCUT2D eigenvalue weighted by atomic mass is 35.5. The molecule has 0 unspecified atom stereocenters. The zero-order chi connectivity index (χ0) is 18.9. The number of rotatable bonds is 5. The molecule has 2 N–H and O–H groups in total. The number of pyridine rings is 1. The van der Waals surface area contributed by atoms with E-state index in [9.17, 15) is 9.59 Å². The second kappa shape index (κ2) is 7.08. The van der Waals surface area contributed by atoms with Crippen molar-refractivity contribution < 1.29 is 9.59 Å². The summed E-state index contributed by atoms with van der Waals surface area (Å²) in [6.07, 6.45) is 4.05. The van der Waals surface area contributed by atoms with Crippen molar-refractivity contribution in [1.82, 2.24) is 15.6 Å². The van der Waals surface area contributed by atoms with Crippen molar-refractivity contribution in [2.24, 2.45) is 0 Å². The Labute approximate surface area is 158 Å². The van der Waals surface area contributed by atoms with Crippen LogP contribution < -0.4 is 10.6 Å². The molecule has 1 heterocycles. The number of benzene rings is 1. The summed E-state index contributed by atoms with van der Waals surface area (Å²) in [5.41, 5.74) is 1.92. The van der Waals surface area contributed by atoms with Crippen molar-refractivity contribution in [2.45, 2.75) is 38.1 Å². The van der Waals surface area contributed by atoms with Crippen molar-refractivity contribution in [3.8, 4) is 11.1 Å². The van der Waals surface area contributed by atoms with Gasteiger partial charge in [-0.3, -0.25) is 14.6 Å². The molecule has 0 bridgehead atoms. The lowest BCUT2D eigenvalue weighted by molar-refractivity contribution is -0.125. The minimum absolute atomic E-state index is 0.273. The Bertz CT molecular complexity index is 860. The molecule has 0 atom stereocenters. The van der Waals surface area contributed by atoms with E-state index in [1.165, 1.54) is 7.05 Å². The van der Waals surface area contributed by atoms with E-state index in [0.29, 0.717) is 10.9 Å². The van der Waals surface area contributed by atoms with E-state index in [4.69, 9.17) is 11.6 Å². The van der Waals surface area contributed by atoms with E-state index in [2.05, 4.69) is 15.6 Å². The fourth-order valence-corrected chi connectivity index (χ4v) is 3.08. The first-order valence-electron chi connectivity index (χ1n) is 8.62. The number of hydrogen-bond donors (Lipinski definition) is 2. The second-order valence-corrected chi connectivity index (χ2v) is 7.54. The maximum Gasteiger partial charge on any atom is 0.271 e. The number of likely N-dealkylation sites (N-methyl/N-ethyl adjacent to an activating group) is 1. The van der Waals surface area contributed by atoms with Gasteiger partial charge in [-0.05, 0) is 61.9 Å². The summed E-state index contributed by atoms with van der Waals surface area (Å²) < 4.78 is 0. The standard InChI is InChI=1S/C20H22ClN3O2/c1-20(2,19(26)22-3)24-18(25)17-16(13-5-4-6-15(21)9-13)10-14(11-23-17)12-7-8-12/h4-6,9-12H,7-8H2,1-3H3,(H,22,26)(H,24,25). The molecule has 3 rings (SSSR count). The molecule has 1 aliphatic carbocycles. The van der Waals surface area contributed by atoms with Gasteiger partial charge in [-0.2, -0.15) is 0 Å². The molecule has 5 nitrogen and oxygen atoms in total. The zero-order valence-electron chi connectivity index (χ0n) is 15.1. The highest BCUT2D eigenvalue weighted by Crippen LogP contribution is 2.41. The number of nitrogens with zero attached hydrogens (tertiary/aromatic N) is 1. The molecule has 2 aromatic rings. The predicted octanol–water partition coefficient (Wildman–Crippen LogP) is 3.53. The number of amides is 2. The van der Waals surface area contributed by atoms with Crippen molar-refractivity contribution in [3.63, 3.8) is 0 Å². The van der Waals surface area contributed by atoms with Gasteiger partial charge in [-0.15, -0.1) is 0 Å². The number of halogens is 1. The highest BCUT2D eigenvalue weighted by Gasteiger charge is 2.31. The third-order valence-electron chi connectivity index (χ3n) is 4.53. The maximum absolute atomic E-state index is 12.9. The largest absolute Gasteiger partial charge is 0.357 e. The van der Waals surface area contributed by atoms with Gasteiger partial charge in [0.1, 0.15) is 11.2 Å². The average molecular weight is 372 g/mol. The van der Waals surface area contributed by atoms with Crippen LogP contribution in [0.15, 0.2) is 36.5 Å². The van der Waals surface area contributed by atoms with Crippen LogP contribution in [0.25, 0.3) is 11.1 Å².